The topological polar surface area (TPSA) is 111 Å². The van der Waals surface area contributed by atoms with Crippen LogP contribution in [0.3, 0.4) is 0 Å². The standard InChI is InChI=1S/C26H27N5O3/c1-26(2,34)14-13-18-9-10-19-11-12-20(25(33)31(3)21(19)15-18)27-24(32)23-28-22(29-30-23)16-17-7-5-4-6-8-17/h4-10,15,20,34H,11-12,16H2,1-3H3,(H,27,32)(H,28,29,30)/t20-/m1/s1. The summed E-state index contributed by atoms with van der Waals surface area (Å²) in [4.78, 5) is 31.8. The number of H-pyrrole nitrogens is 1. The highest BCUT2D eigenvalue weighted by molar-refractivity contribution is 6.02. The Balaban J connectivity index is 1.46. The lowest BCUT2D eigenvalue weighted by Gasteiger charge is -2.22. The van der Waals surface area contributed by atoms with Crippen LogP contribution in [0.25, 0.3) is 0 Å². The Hall–Kier alpha value is -3.96. The first-order chi connectivity index (χ1) is 16.2. The van der Waals surface area contributed by atoms with Crippen LogP contribution < -0.4 is 10.2 Å². The number of aryl methyl sites for hydroxylation is 1. The molecule has 2 aromatic carbocycles. The normalized spacial score (nSPS) is 15.7. The molecule has 2 amide bonds. The molecular formula is C26H27N5O3. The van der Waals surface area contributed by atoms with Gasteiger partial charge in [0.15, 0.2) is 0 Å². The summed E-state index contributed by atoms with van der Waals surface area (Å²) in [6, 6.07) is 14.7. The minimum Gasteiger partial charge on any atom is -0.378 e. The van der Waals surface area contributed by atoms with Crippen LogP contribution in [0.4, 0.5) is 5.69 Å². The van der Waals surface area contributed by atoms with Gasteiger partial charge in [-0.25, -0.2) is 4.98 Å². The number of amides is 2. The quantitative estimate of drug-likeness (QED) is 0.521. The molecule has 0 bridgehead atoms. The number of benzene rings is 2. The van der Waals surface area contributed by atoms with Gasteiger partial charge in [0, 0.05) is 24.7 Å². The van der Waals surface area contributed by atoms with Gasteiger partial charge in [-0.1, -0.05) is 48.2 Å². The summed E-state index contributed by atoms with van der Waals surface area (Å²) in [7, 11) is 1.68. The van der Waals surface area contributed by atoms with E-state index in [2.05, 4.69) is 32.3 Å². The van der Waals surface area contributed by atoms with E-state index in [4.69, 9.17) is 0 Å². The maximum atomic E-state index is 13.1. The Kier molecular flexibility index (Phi) is 6.48. The number of carbonyl (C=O) groups is 2. The molecule has 0 spiro atoms. The molecule has 34 heavy (non-hydrogen) atoms. The molecule has 0 saturated heterocycles. The Morgan fingerprint density at radius 3 is 2.76 bits per heavy atom. The fourth-order valence-corrected chi connectivity index (χ4v) is 3.79. The van der Waals surface area contributed by atoms with Gasteiger partial charge in [0.2, 0.25) is 11.7 Å². The van der Waals surface area contributed by atoms with Crippen molar-refractivity contribution in [2.75, 3.05) is 11.9 Å². The lowest BCUT2D eigenvalue weighted by Crippen LogP contribution is -2.47. The lowest BCUT2D eigenvalue weighted by molar-refractivity contribution is -0.120. The second kappa shape index (κ2) is 9.49. The second-order valence-electron chi connectivity index (χ2n) is 8.88. The van der Waals surface area contributed by atoms with Crippen LogP contribution >= 0.6 is 0 Å². The van der Waals surface area contributed by atoms with Crippen LogP contribution in [0, 0.1) is 11.8 Å². The molecule has 0 unspecified atom stereocenters. The van der Waals surface area contributed by atoms with Gasteiger partial charge in [-0.2, -0.15) is 0 Å². The van der Waals surface area contributed by atoms with Crippen molar-refractivity contribution < 1.29 is 14.7 Å². The van der Waals surface area contributed by atoms with E-state index in [1.807, 2.05) is 48.5 Å². The van der Waals surface area contributed by atoms with Crippen LogP contribution in [0.1, 0.15) is 53.4 Å². The lowest BCUT2D eigenvalue weighted by atomic mass is 10.0. The highest BCUT2D eigenvalue weighted by Crippen LogP contribution is 2.27. The zero-order valence-corrected chi connectivity index (χ0v) is 19.4. The molecule has 3 aromatic rings. The number of aliphatic hydroxyl groups is 1. The predicted molar refractivity (Wildman–Crippen MR) is 128 cm³/mol. The Bertz CT molecular complexity index is 1260. The van der Waals surface area contributed by atoms with E-state index in [0.29, 0.717) is 30.7 Å². The van der Waals surface area contributed by atoms with E-state index in [9.17, 15) is 14.7 Å². The molecular weight excluding hydrogens is 430 g/mol. The fourth-order valence-electron chi connectivity index (χ4n) is 3.79. The minimum atomic E-state index is -1.11. The molecule has 0 fully saturated rings. The average molecular weight is 458 g/mol. The number of fused-ring (bicyclic) bond motifs is 1. The zero-order chi connectivity index (χ0) is 24.3. The summed E-state index contributed by atoms with van der Waals surface area (Å²) in [6.07, 6.45) is 1.60. The molecule has 1 aliphatic heterocycles. The Morgan fingerprint density at radius 2 is 2.03 bits per heavy atom. The van der Waals surface area contributed by atoms with Crippen LogP contribution in [0.15, 0.2) is 48.5 Å². The van der Waals surface area contributed by atoms with Crippen molar-refractivity contribution in [3.63, 3.8) is 0 Å². The summed E-state index contributed by atoms with van der Waals surface area (Å²) in [5.74, 6) is 5.60. The molecule has 1 atom stereocenters. The highest BCUT2D eigenvalue weighted by atomic mass is 16.3. The molecule has 0 saturated carbocycles. The van der Waals surface area contributed by atoms with Gasteiger partial charge >= 0.3 is 0 Å². The maximum absolute atomic E-state index is 13.1. The first kappa shape index (κ1) is 23.2. The maximum Gasteiger partial charge on any atom is 0.291 e. The third-order valence-electron chi connectivity index (χ3n) is 5.54. The van der Waals surface area contributed by atoms with E-state index in [-0.39, 0.29) is 11.7 Å². The largest absolute Gasteiger partial charge is 0.378 e. The Labute approximate surface area is 198 Å². The van der Waals surface area contributed by atoms with Gasteiger partial charge in [-0.3, -0.25) is 14.7 Å². The van der Waals surface area contributed by atoms with Gasteiger partial charge < -0.3 is 15.3 Å². The van der Waals surface area contributed by atoms with Gasteiger partial charge in [0.25, 0.3) is 5.91 Å². The number of likely N-dealkylation sites (N-methyl/N-ethyl adjacent to an activating group) is 1. The van der Waals surface area contributed by atoms with Crippen molar-refractivity contribution in [3.8, 4) is 11.8 Å². The monoisotopic (exact) mass is 457 g/mol. The van der Waals surface area contributed by atoms with Gasteiger partial charge in [-0.05, 0) is 49.9 Å². The minimum absolute atomic E-state index is 0.00678. The zero-order valence-electron chi connectivity index (χ0n) is 19.4. The number of rotatable bonds is 4. The number of carbonyl (C=O) groups excluding carboxylic acids is 2. The van der Waals surface area contributed by atoms with Crippen LogP contribution in [0.5, 0.6) is 0 Å². The third-order valence-corrected chi connectivity index (χ3v) is 5.54. The average Bonchev–Trinajstić information content (AvgIpc) is 3.24. The highest BCUT2D eigenvalue weighted by Gasteiger charge is 2.30. The molecule has 0 radical (unpaired) electrons. The van der Waals surface area contributed by atoms with Crippen molar-refractivity contribution in [2.24, 2.45) is 0 Å². The van der Waals surface area contributed by atoms with Crippen molar-refractivity contribution in [1.82, 2.24) is 20.5 Å². The van der Waals surface area contributed by atoms with Crippen LogP contribution in [-0.4, -0.2) is 50.8 Å². The fraction of sp³-hybridized carbons (Fsp3) is 0.308. The van der Waals surface area contributed by atoms with E-state index >= 15 is 0 Å². The summed E-state index contributed by atoms with van der Waals surface area (Å²) >= 11 is 0. The predicted octanol–water partition coefficient (Wildman–Crippen LogP) is 2.23. The number of anilines is 1. The number of hydrogen-bond acceptors (Lipinski definition) is 5. The van der Waals surface area contributed by atoms with E-state index in [0.717, 1.165) is 16.8 Å². The third kappa shape index (κ3) is 5.50. The van der Waals surface area contributed by atoms with Crippen LogP contribution in [-0.2, 0) is 17.6 Å². The molecule has 0 aliphatic carbocycles. The van der Waals surface area contributed by atoms with E-state index < -0.39 is 17.6 Å². The molecule has 3 N–H and O–H groups in total. The van der Waals surface area contributed by atoms with E-state index in [1.165, 1.54) is 0 Å². The van der Waals surface area contributed by atoms with Gasteiger partial charge in [0.1, 0.15) is 17.5 Å². The molecule has 4 rings (SSSR count). The molecule has 8 heteroatoms. The molecule has 1 aromatic heterocycles. The number of nitrogens with zero attached hydrogens (tertiary/aromatic N) is 3. The summed E-state index contributed by atoms with van der Waals surface area (Å²) in [5, 5.41) is 19.5. The molecule has 174 valence electrons. The molecule has 1 aliphatic rings. The van der Waals surface area contributed by atoms with Crippen molar-refractivity contribution in [3.05, 3.63) is 76.9 Å². The molecule has 2 heterocycles. The first-order valence-electron chi connectivity index (χ1n) is 11.1. The van der Waals surface area contributed by atoms with Crippen molar-refractivity contribution in [1.29, 1.82) is 0 Å². The summed E-state index contributed by atoms with van der Waals surface area (Å²) in [6.45, 7) is 3.23. The van der Waals surface area contributed by atoms with Crippen molar-refractivity contribution in [2.45, 2.75) is 44.8 Å². The van der Waals surface area contributed by atoms with Gasteiger partial charge in [0.05, 0.1) is 0 Å². The number of nitrogens with one attached hydrogen (secondary N) is 2. The summed E-state index contributed by atoms with van der Waals surface area (Å²) < 4.78 is 0. The van der Waals surface area contributed by atoms with Crippen LogP contribution in [0.2, 0.25) is 0 Å². The van der Waals surface area contributed by atoms with Gasteiger partial charge in [-0.15, -0.1) is 5.10 Å². The number of aromatic amines is 1. The van der Waals surface area contributed by atoms with Crippen molar-refractivity contribution >= 4 is 17.5 Å². The smallest absolute Gasteiger partial charge is 0.291 e. The first-order valence-corrected chi connectivity index (χ1v) is 11.1. The molecule has 8 nitrogen and oxygen atoms in total. The second-order valence-corrected chi connectivity index (χ2v) is 8.88. The summed E-state index contributed by atoms with van der Waals surface area (Å²) in [5.41, 5.74) is 2.38. The SMILES string of the molecule is CN1C(=O)[C@H](NC(=O)c2n[nH]c(Cc3ccccc3)n2)CCc2ccc(C#CC(C)(C)O)cc21. The number of aromatic nitrogens is 3. The Morgan fingerprint density at radius 1 is 1.26 bits per heavy atom. The van der Waals surface area contributed by atoms with E-state index in [1.54, 1.807) is 25.8 Å². The number of hydrogen-bond donors (Lipinski definition) is 3.